The molecule has 40 heavy (non-hydrogen) atoms. The molecule has 6 rings (SSSR count). The number of nitrogens with one attached hydrogen (secondary N) is 1. The zero-order valence-electron chi connectivity index (χ0n) is 21.7. The SMILES string of the molecule is CC(=O)Nc1ccc(-c2ccc(N3C(=O)c4ccccc4C(C(=O)O)C3c3ccc4c(c3)OCCO4)cc2)cc1. The first-order chi connectivity index (χ1) is 19.4. The fourth-order valence-corrected chi connectivity index (χ4v) is 5.43. The van der Waals surface area contributed by atoms with Crippen molar-refractivity contribution < 1.29 is 29.0 Å². The van der Waals surface area contributed by atoms with Gasteiger partial charge >= 0.3 is 5.97 Å². The molecule has 0 aromatic heterocycles. The van der Waals surface area contributed by atoms with Crippen LogP contribution in [0, 0.1) is 0 Å². The molecule has 0 spiro atoms. The highest BCUT2D eigenvalue weighted by atomic mass is 16.6. The fourth-order valence-electron chi connectivity index (χ4n) is 5.43. The number of anilines is 2. The van der Waals surface area contributed by atoms with Gasteiger partial charge < -0.3 is 19.9 Å². The molecule has 8 heteroatoms. The van der Waals surface area contributed by atoms with E-state index >= 15 is 0 Å². The van der Waals surface area contributed by atoms with Crippen LogP contribution in [0.2, 0.25) is 0 Å². The molecule has 2 aliphatic heterocycles. The quantitative estimate of drug-likeness (QED) is 0.343. The number of benzene rings is 4. The number of hydrogen-bond acceptors (Lipinski definition) is 5. The molecule has 2 N–H and O–H groups in total. The third-order valence-electron chi connectivity index (χ3n) is 7.20. The zero-order chi connectivity index (χ0) is 27.8. The third-order valence-corrected chi connectivity index (χ3v) is 7.20. The summed E-state index contributed by atoms with van der Waals surface area (Å²) in [6.07, 6.45) is 0. The van der Waals surface area contributed by atoms with Crippen LogP contribution >= 0.6 is 0 Å². The summed E-state index contributed by atoms with van der Waals surface area (Å²) in [5.74, 6) is -1.34. The molecule has 4 aromatic carbocycles. The largest absolute Gasteiger partial charge is 0.486 e. The highest BCUT2D eigenvalue weighted by molar-refractivity contribution is 6.11. The van der Waals surface area contributed by atoms with Crippen molar-refractivity contribution in [3.63, 3.8) is 0 Å². The zero-order valence-corrected chi connectivity index (χ0v) is 21.7. The van der Waals surface area contributed by atoms with Gasteiger partial charge in [0.15, 0.2) is 11.5 Å². The number of hydrogen-bond donors (Lipinski definition) is 2. The van der Waals surface area contributed by atoms with Crippen LogP contribution in [-0.2, 0) is 9.59 Å². The summed E-state index contributed by atoms with van der Waals surface area (Å²) in [5, 5.41) is 13.2. The maximum Gasteiger partial charge on any atom is 0.313 e. The van der Waals surface area contributed by atoms with E-state index in [9.17, 15) is 19.5 Å². The van der Waals surface area contributed by atoms with Crippen LogP contribution in [0.3, 0.4) is 0 Å². The standard InChI is InChI=1S/C32H26N2O6/c1-19(35)33-23-11-6-20(7-12-23)21-8-13-24(14-9-21)34-30(22-10-15-27-28(18-22)40-17-16-39-27)29(32(37)38)25-4-2-3-5-26(25)31(34)36/h2-15,18,29-30H,16-17H2,1H3,(H,33,35)(H,37,38). The highest BCUT2D eigenvalue weighted by Gasteiger charge is 2.45. The number of carbonyl (C=O) groups excluding carboxylic acids is 2. The number of ether oxygens (including phenoxy) is 2. The van der Waals surface area contributed by atoms with E-state index in [2.05, 4.69) is 5.32 Å². The van der Waals surface area contributed by atoms with Crippen molar-refractivity contribution in [3.8, 4) is 22.6 Å². The molecule has 0 saturated carbocycles. The van der Waals surface area contributed by atoms with Gasteiger partial charge in [0, 0.05) is 23.9 Å². The summed E-state index contributed by atoms with van der Waals surface area (Å²) >= 11 is 0. The van der Waals surface area contributed by atoms with Crippen molar-refractivity contribution in [2.24, 2.45) is 0 Å². The van der Waals surface area contributed by atoms with Crippen molar-refractivity contribution >= 4 is 29.2 Å². The number of nitrogens with zero attached hydrogens (tertiary/aromatic N) is 1. The summed E-state index contributed by atoms with van der Waals surface area (Å²) < 4.78 is 11.5. The van der Waals surface area contributed by atoms with Gasteiger partial charge in [-0.05, 0) is 64.7 Å². The fraction of sp³-hybridized carbons (Fsp3) is 0.156. The molecule has 0 radical (unpaired) electrons. The normalized spacial score (nSPS) is 17.6. The predicted octanol–water partition coefficient (Wildman–Crippen LogP) is 5.65. The van der Waals surface area contributed by atoms with E-state index in [1.807, 2.05) is 48.5 Å². The molecule has 200 valence electrons. The maximum absolute atomic E-state index is 14.0. The van der Waals surface area contributed by atoms with Crippen LogP contribution in [0.15, 0.2) is 91.0 Å². The van der Waals surface area contributed by atoms with E-state index in [0.717, 1.165) is 11.1 Å². The molecular weight excluding hydrogens is 508 g/mol. The first-order valence-corrected chi connectivity index (χ1v) is 12.9. The van der Waals surface area contributed by atoms with Crippen molar-refractivity contribution in [1.82, 2.24) is 0 Å². The van der Waals surface area contributed by atoms with Gasteiger partial charge in [0.1, 0.15) is 19.1 Å². The van der Waals surface area contributed by atoms with E-state index in [1.54, 1.807) is 47.4 Å². The number of rotatable bonds is 5. The summed E-state index contributed by atoms with van der Waals surface area (Å²) in [5.41, 5.74) is 4.60. The lowest BCUT2D eigenvalue weighted by atomic mass is 9.79. The Labute approximate surface area is 230 Å². The van der Waals surface area contributed by atoms with Crippen molar-refractivity contribution in [2.75, 3.05) is 23.4 Å². The number of fused-ring (bicyclic) bond motifs is 2. The molecule has 0 bridgehead atoms. The molecule has 0 saturated heterocycles. The lowest BCUT2D eigenvalue weighted by Gasteiger charge is -2.41. The van der Waals surface area contributed by atoms with E-state index < -0.39 is 17.9 Å². The Morgan fingerprint density at radius 3 is 2.17 bits per heavy atom. The first-order valence-electron chi connectivity index (χ1n) is 12.9. The molecule has 0 aliphatic carbocycles. The Balaban J connectivity index is 1.43. The van der Waals surface area contributed by atoms with Gasteiger partial charge in [-0.3, -0.25) is 19.3 Å². The van der Waals surface area contributed by atoms with Gasteiger partial charge in [-0.25, -0.2) is 0 Å². The lowest BCUT2D eigenvalue weighted by Crippen LogP contribution is -2.45. The van der Waals surface area contributed by atoms with Crippen LogP contribution in [0.5, 0.6) is 11.5 Å². The summed E-state index contributed by atoms with van der Waals surface area (Å²) in [4.78, 5) is 39.7. The average molecular weight is 535 g/mol. The van der Waals surface area contributed by atoms with Gasteiger partial charge in [-0.1, -0.05) is 48.5 Å². The Morgan fingerprint density at radius 2 is 1.50 bits per heavy atom. The maximum atomic E-state index is 14.0. The van der Waals surface area contributed by atoms with E-state index in [-0.39, 0.29) is 11.8 Å². The monoisotopic (exact) mass is 534 g/mol. The molecule has 0 fully saturated rings. The number of carboxylic acid groups (broad SMARTS) is 1. The van der Waals surface area contributed by atoms with Gasteiger partial charge in [0.25, 0.3) is 5.91 Å². The second kappa shape index (κ2) is 10.2. The molecule has 2 heterocycles. The van der Waals surface area contributed by atoms with Crippen LogP contribution in [0.1, 0.15) is 40.4 Å². The summed E-state index contributed by atoms with van der Waals surface area (Å²) in [6, 6.07) is 26.3. The van der Waals surface area contributed by atoms with E-state index in [4.69, 9.17) is 9.47 Å². The number of carbonyl (C=O) groups is 3. The van der Waals surface area contributed by atoms with Crippen molar-refractivity contribution in [2.45, 2.75) is 18.9 Å². The Morgan fingerprint density at radius 1 is 0.850 bits per heavy atom. The molecule has 8 nitrogen and oxygen atoms in total. The molecular formula is C32H26N2O6. The van der Waals surface area contributed by atoms with Gasteiger partial charge in [-0.2, -0.15) is 0 Å². The number of amides is 2. The number of aliphatic carboxylic acids is 1. The lowest BCUT2D eigenvalue weighted by molar-refractivity contribution is -0.139. The van der Waals surface area contributed by atoms with Crippen LogP contribution in [0.25, 0.3) is 11.1 Å². The van der Waals surface area contributed by atoms with Gasteiger partial charge in [0.2, 0.25) is 5.91 Å². The minimum Gasteiger partial charge on any atom is -0.486 e. The first kappa shape index (κ1) is 25.2. The van der Waals surface area contributed by atoms with Gasteiger partial charge in [0.05, 0.1) is 6.04 Å². The molecule has 2 atom stereocenters. The second-order valence-electron chi connectivity index (χ2n) is 9.73. The Hall–Kier alpha value is -5.11. The van der Waals surface area contributed by atoms with Crippen LogP contribution < -0.4 is 19.7 Å². The highest BCUT2D eigenvalue weighted by Crippen LogP contribution is 2.47. The van der Waals surface area contributed by atoms with Gasteiger partial charge in [-0.15, -0.1) is 0 Å². The molecule has 4 aromatic rings. The topological polar surface area (TPSA) is 105 Å². The van der Waals surface area contributed by atoms with Crippen molar-refractivity contribution in [1.29, 1.82) is 0 Å². The predicted molar refractivity (Wildman–Crippen MR) is 150 cm³/mol. The Kier molecular flexibility index (Phi) is 6.43. The average Bonchev–Trinajstić information content (AvgIpc) is 2.97. The van der Waals surface area contributed by atoms with Crippen LogP contribution in [0.4, 0.5) is 11.4 Å². The summed E-state index contributed by atoms with van der Waals surface area (Å²) in [7, 11) is 0. The molecule has 2 aliphatic rings. The van der Waals surface area contributed by atoms with E-state index in [0.29, 0.717) is 52.8 Å². The Bertz CT molecular complexity index is 1610. The smallest absolute Gasteiger partial charge is 0.313 e. The van der Waals surface area contributed by atoms with E-state index in [1.165, 1.54) is 6.92 Å². The number of carboxylic acids is 1. The third kappa shape index (κ3) is 4.53. The summed E-state index contributed by atoms with van der Waals surface area (Å²) in [6.45, 7) is 2.29. The minimum atomic E-state index is -1.03. The van der Waals surface area contributed by atoms with Crippen LogP contribution in [-0.4, -0.2) is 36.1 Å². The second-order valence-corrected chi connectivity index (χ2v) is 9.73. The molecule has 2 unspecified atom stereocenters. The minimum absolute atomic E-state index is 0.142. The molecule has 2 amide bonds. The van der Waals surface area contributed by atoms with Crippen molar-refractivity contribution in [3.05, 3.63) is 108 Å².